The van der Waals surface area contributed by atoms with E-state index in [1.54, 1.807) is 0 Å². The molecule has 4 nitrogen and oxygen atoms in total. The first kappa shape index (κ1) is 18.2. The van der Waals surface area contributed by atoms with E-state index in [4.69, 9.17) is 0 Å². The van der Waals surface area contributed by atoms with Crippen LogP contribution in [0.4, 0.5) is 9.59 Å². The molecule has 24 heavy (non-hydrogen) atoms. The average molecular weight is 358 g/mol. The van der Waals surface area contributed by atoms with Crippen LogP contribution in [0, 0.1) is 13.8 Å². The minimum Gasteiger partial charge on any atom is -0.322 e. The van der Waals surface area contributed by atoms with Crippen LogP contribution >= 0.6 is 23.5 Å². The molecule has 0 aliphatic heterocycles. The minimum absolute atomic E-state index is 0.207. The van der Waals surface area contributed by atoms with Crippen LogP contribution in [0.5, 0.6) is 0 Å². The van der Waals surface area contributed by atoms with Gasteiger partial charge in [-0.15, -0.1) is 0 Å². The molecule has 0 aliphatic rings. The van der Waals surface area contributed by atoms with Crippen molar-refractivity contribution >= 4 is 34.0 Å². The number of carbonyl (C=O) groups excluding carboxylic acids is 2. The summed E-state index contributed by atoms with van der Waals surface area (Å²) in [6.45, 7) is 3.91. The molecule has 0 radical (unpaired) electrons. The average Bonchev–Trinajstić information content (AvgIpc) is 2.56. The number of benzene rings is 2. The molecule has 0 spiro atoms. The van der Waals surface area contributed by atoms with Gasteiger partial charge >= 0.3 is 0 Å². The third kappa shape index (κ3) is 5.79. The monoisotopic (exact) mass is 358 g/mol. The number of hydrogen-bond donors (Lipinski definition) is 2. The van der Waals surface area contributed by atoms with Gasteiger partial charge in [0.25, 0.3) is 10.5 Å². The van der Waals surface area contributed by atoms with E-state index in [1.165, 1.54) is 12.4 Å². The predicted octanol–water partition coefficient (Wildman–Crippen LogP) is 5.08. The molecule has 2 rings (SSSR count). The molecule has 0 fully saturated rings. The number of amides is 2. The Labute approximate surface area is 150 Å². The Morgan fingerprint density at radius 2 is 1.12 bits per heavy atom. The maximum atomic E-state index is 11.8. The Balaban J connectivity index is 1.76. The van der Waals surface area contributed by atoms with E-state index in [-0.39, 0.29) is 10.5 Å². The molecule has 6 heteroatoms. The second-order valence-corrected chi connectivity index (χ2v) is 6.96. The lowest BCUT2D eigenvalue weighted by Crippen LogP contribution is -2.15. The standard InChI is InChI=1S/C18H18N2O2S2/c1-13-7-3-5-9-15(13)23-17(21)19-11-12-20-18(22)24-16-10-6-4-8-14(16)2/h3-12H,1-2H3,(H,19,21)(H,20,22)/b12-11+. The summed E-state index contributed by atoms with van der Waals surface area (Å²) in [6.07, 6.45) is 2.84. The maximum Gasteiger partial charge on any atom is 0.287 e. The highest BCUT2D eigenvalue weighted by atomic mass is 32.2. The molecule has 2 aromatic rings. The fourth-order valence-corrected chi connectivity index (χ4v) is 3.22. The second-order valence-electron chi connectivity index (χ2n) is 4.93. The number of hydrogen-bond acceptors (Lipinski definition) is 4. The third-order valence-electron chi connectivity index (χ3n) is 3.08. The van der Waals surface area contributed by atoms with Crippen LogP contribution in [0.2, 0.25) is 0 Å². The van der Waals surface area contributed by atoms with Gasteiger partial charge in [0.05, 0.1) is 0 Å². The SMILES string of the molecule is Cc1ccccc1SC(=O)N/C=C/NC(=O)Sc1ccccc1C. The molecule has 0 atom stereocenters. The molecule has 2 N–H and O–H groups in total. The second kappa shape index (κ2) is 9.20. The molecule has 0 saturated carbocycles. The molecule has 0 saturated heterocycles. The zero-order valence-corrected chi connectivity index (χ0v) is 15.0. The lowest BCUT2D eigenvalue weighted by molar-refractivity contribution is 0.261. The Morgan fingerprint density at radius 1 is 0.750 bits per heavy atom. The number of thioether (sulfide) groups is 2. The van der Waals surface area contributed by atoms with E-state index in [0.717, 1.165) is 44.4 Å². The topological polar surface area (TPSA) is 58.2 Å². The zero-order valence-electron chi connectivity index (χ0n) is 13.4. The van der Waals surface area contributed by atoms with Gasteiger partial charge in [-0.25, -0.2) is 0 Å². The highest BCUT2D eigenvalue weighted by Gasteiger charge is 2.06. The Kier molecular flexibility index (Phi) is 6.96. The van der Waals surface area contributed by atoms with E-state index in [1.807, 2.05) is 62.4 Å². The normalized spacial score (nSPS) is 10.6. The van der Waals surface area contributed by atoms with Crippen molar-refractivity contribution in [1.82, 2.24) is 10.6 Å². The van der Waals surface area contributed by atoms with Crippen LogP contribution in [0.25, 0.3) is 0 Å². The molecule has 0 heterocycles. The molecular weight excluding hydrogens is 340 g/mol. The van der Waals surface area contributed by atoms with Crippen molar-refractivity contribution in [3.8, 4) is 0 Å². The summed E-state index contributed by atoms with van der Waals surface area (Å²) in [5.74, 6) is 0. The van der Waals surface area contributed by atoms with Gasteiger partial charge in [0.1, 0.15) is 0 Å². The van der Waals surface area contributed by atoms with Gasteiger partial charge in [-0.3, -0.25) is 9.59 Å². The fourth-order valence-electron chi connectivity index (χ4n) is 1.82. The van der Waals surface area contributed by atoms with E-state index >= 15 is 0 Å². The Hall–Kier alpha value is -2.18. The number of nitrogens with one attached hydrogen (secondary N) is 2. The van der Waals surface area contributed by atoms with Crippen LogP contribution in [0.3, 0.4) is 0 Å². The Morgan fingerprint density at radius 3 is 1.50 bits per heavy atom. The fraction of sp³-hybridized carbons (Fsp3) is 0.111. The highest BCUT2D eigenvalue weighted by Crippen LogP contribution is 2.23. The first-order chi connectivity index (χ1) is 11.6. The summed E-state index contributed by atoms with van der Waals surface area (Å²) >= 11 is 2.23. The van der Waals surface area contributed by atoms with Gasteiger partial charge in [-0.2, -0.15) is 0 Å². The summed E-state index contributed by atoms with van der Waals surface area (Å²) < 4.78 is 0. The Bertz CT molecular complexity index is 697. The molecule has 124 valence electrons. The molecule has 2 amide bonds. The summed E-state index contributed by atoms with van der Waals surface area (Å²) in [4.78, 5) is 25.5. The van der Waals surface area contributed by atoms with E-state index in [2.05, 4.69) is 10.6 Å². The molecular formula is C18H18N2O2S2. The molecule has 0 aliphatic carbocycles. The van der Waals surface area contributed by atoms with Gasteiger partial charge in [-0.1, -0.05) is 36.4 Å². The molecule has 0 aromatic heterocycles. The molecule has 0 bridgehead atoms. The van der Waals surface area contributed by atoms with Gasteiger partial charge < -0.3 is 10.6 Å². The first-order valence-corrected chi connectivity index (χ1v) is 8.92. The van der Waals surface area contributed by atoms with Crippen molar-refractivity contribution < 1.29 is 9.59 Å². The van der Waals surface area contributed by atoms with E-state index in [0.29, 0.717) is 0 Å². The third-order valence-corrected chi connectivity index (χ3v) is 5.04. The smallest absolute Gasteiger partial charge is 0.287 e. The van der Waals surface area contributed by atoms with Gasteiger partial charge in [-0.05, 0) is 60.6 Å². The van der Waals surface area contributed by atoms with Crippen molar-refractivity contribution in [2.75, 3.05) is 0 Å². The van der Waals surface area contributed by atoms with Crippen molar-refractivity contribution in [2.24, 2.45) is 0 Å². The van der Waals surface area contributed by atoms with Gasteiger partial charge in [0, 0.05) is 22.2 Å². The highest BCUT2D eigenvalue weighted by molar-refractivity contribution is 8.13. The van der Waals surface area contributed by atoms with Gasteiger partial charge in [0.15, 0.2) is 0 Å². The predicted molar refractivity (Wildman–Crippen MR) is 100 cm³/mol. The quantitative estimate of drug-likeness (QED) is 0.749. The van der Waals surface area contributed by atoms with Crippen LogP contribution in [0.15, 0.2) is 70.7 Å². The summed E-state index contributed by atoms with van der Waals surface area (Å²) in [7, 11) is 0. The van der Waals surface area contributed by atoms with Crippen molar-refractivity contribution in [3.05, 3.63) is 72.1 Å². The summed E-state index contributed by atoms with van der Waals surface area (Å²) in [5.41, 5.74) is 2.09. The van der Waals surface area contributed by atoms with Crippen LogP contribution in [-0.4, -0.2) is 10.5 Å². The van der Waals surface area contributed by atoms with Crippen molar-refractivity contribution in [1.29, 1.82) is 0 Å². The van der Waals surface area contributed by atoms with Crippen LogP contribution in [0.1, 0.15) is 11.1 Å². The van der Waals surface area contributed by atoms with Crippen LogP contribution < -0.4 is 10.6 Å². The first-order valence-electron chi connectivity index (χ1n) is 7.29. The van der Waals surface area contributed by atoms with Crippen molar-refractivity contribution in [2.45, 2.75) is 23.6 Å². The molecule has 0 unspecified atom stereocenters. The maximum absolute atomic E-state index is 11.8. The summed E-state index contributed by atoms with van der Waals surface area (Å²) in [5, 5.41) is 4.80. The van der Waals surface area contributed by atoms with E-state index in [9.17, 15) is 9.59 Å². The lowest BCUT2D eigenvalue weighted by atomic mass is 10.2. The minimum atomic E-state index is -0.207. The van der Waals surface area contributed by atoms with Crippen LogP contribution in [-0.2, 0) is 0 Å². The number of aryl methyl sites for hydroxylation is 2. The zero-order chi connectivity index (χ0) is 17.4. The molecule has 2 aromatic carbocycles. The largest absolute Gasteiger partial charge is 0.322 e. The lowest BCUT2D eigenvalue weighted by Gasteiger charge is -2.04. The van der Waals surface area contributed by atoms with Gasteiger partial charge in [0.2, 0.25) is 0 Å². The number of carbonyl (C=O) groups is 2. The van der Waals surface area contributed by atoms with E-state index < -0.39 is 0 Å². The van der Waals surface area contributed by atoms with Crippen molar-refractivity contribution in [3.63, 3.8) is 0 Å². The number of rotatable bonds is 4. The summed E-state index contributed by atoms with van der Waals surface area (Å²) in [6, 6.07) is 15.3.